The van der Waals surface area contributed by atoms with Crippen molar-refractivity contribution in [2.45, 2.75) is 13.5 Å². The lowest BCUT2D eigenvalue weighted by Crippen LogP contribution is -2.01. The monoisotopic (exact) mass is 315 g/mol. The topological polar surface area (TPSA) is 72.8 Å². The zero-order valence-electron chi connectivity index (χ0n) is 12.2. The number of halogens is 1. The summed E-state index contributed by atoms with van der Waals surface area (Å²) in [5, 5.41) is 4.24. The molecule has 3 rings (SSSR count). The van der Waals surface area contributed by atoms with E-state index >= 15 is 0 Å². The Morgan fingerprint density at radius 1 is 1.18 bits per heavy atom. The first-order valence-electron chi connectivity index (χ1n) is 6.71. The standard InChI is InChI=1S/C15H14ClN5O/c1-9-20-13-5-10(3-4-12(13)14(16)21-9)8-22-15-18-6-11(17-2)7-19-15/h3-7,17H,8H2,1-2H3. The number of nitrogens with zero attached hydrogens (tertiary/aromatic N) is 4. The first-order valence-corrected chi connectivity index (χ1v) is 7.09. The van der Waals surface area contributed by atoms with E-state index < -0.39 is 0 Å². The maximum absolute atomic E-state index is 6.11. The van der Waals surface area contributed by atoms with Crippen molar-refractivity contribution in [3.63, 3.8) is 0 Å². The van der Waals surface area contributed by atoms with Crippen LogP contribution in [-0.2, 0) is 6.61 Å². The molecule has 1 aromatic carbocycles. The summed E-state index contributed by atoms with van der Waals surface area (Å²) in [4.78, 5) is 16.7. The molecule has 2 aromatic heterocycles. The van der Waals surface area contributed by atoms with Crippen molar-refractivity contribution in [2.24, 2.45) is 0 Å². The van der Waals surface area contributed by atoms with Crippen molar-refractivity contribution < 1.29 is 4.74 Å². The summed E-state index contributed by atoms with van der Waals surface area (Å²) in [7, 11) is 1.81. The number of anilines is 1. The second kappa shape index (κ2) is 6.11. The van der Waals surface area contributed by atoms with Gasteiger partial charge < -0.3 is 10.1 Å². The molecule has 22 heavy (non-hydrogen) atoms. The third-order valence-electron chi connectivity index (χ3n) is 3.11. The first kappa shape index (κ1) is 14.5. The second-order valence-electron chi connectivity index (χ2n) is 4.71. The normalized spacial score (nSPS) is 10.7. The van der Waals surface area contributed by atoms with E-state index in [2.05, 4.69) is 25.3 Å². The van der Waals surface area contributed by atoms with Crippen LogP contribution >= 0.6 is 11.6 Å². The number of aryl methyl sites for hydroxylation is 1. The average molecular weight is 316 g/mol. The molecule has 0 saturated heterocycles. The lowest BCUT2D eigenvalue weighted by Gasteiger charge is -2.07. The Morgan fingerprint density at radius 3 is 2.68 bits per heavy atom. The van der Waals surface area contributed by atoms with Crippen molar-refractivity contribution in [1.82, 2.24) is 19.9 Å². The molecule has 112 valence electrons. The molecule has 0 aliphatic heterocycles. The Bertz CT molecular complexity index is 807. The molecular weight excluding hydrogens is 302 g/mol. The zero-order valence-corrected chi connectivity index (χ0v) is 12.9. The van der Waals surface area contributed by atoms with Crippen LogP contribution in [0, 0.1) is 6.92 Å². The molecule has 0 aliphatic rings. The van der Waals surface area contributed by atoms with Gasteiger partial charge in [-0.25, -0.2) is 19.9 Å². The Hall–Kier alpha value is -2.47. The number of nitrogens with one attached hydrogen (secondary N) is 1. The van der Waals surface area contributed by atoms with Crippen LogP contribution in [0.15, 0.2) is 30.6 Å². The number of benzene rings is 1. The molecule has 0 radical (unpaired) electrons. The molecule has 1 N–H and O–H groups in total. The van der Waals surface area contributed by atoms with E-state index in [9.17, 15) is 0 Å². The van der Waals surface area contributed by atoms with Crippen LogP contribution in [0.25, 0.3) is 10.9 Å². The molecule has 3 aromatic rings. The van der Waals surface area contributed by atoms with E-state index in [1.165, 1.54) is 0 Å². The van der Waals surface area contributed by atoms with Crippen molar-refractivity contribution >= 4 is 28.2 Å². The molecule has 0 unspecified atom stereocenters. The van der Waals surface area contributed by atoms with Crippen molar-refractivity contribution in [3.8, 4) is 6.01 Å². The molecule has 0 spiro atoms. The number of fused-ring (bicyclic) bond motifs is 1. The molecule has 0 aliphatic carbocycles. The summed E-state index contributed by atoms with van der Waals surface area (Å²) in [6.45, 7) is 2.17. The number of aromatic nitrogens is 4. The van der Waals surface area contributed by atoms with Crippen molar-refractivity contribution in [1.29, 1.82) is 0 Å². The summed E-state index contributed by atoms with van der Waals surface area (Å²) in [5.41, 5.74) is 2.59. The van der Waals surface area contributed by atoms with Gasteiger partial charge in [-0.05, 0) is 24.6 Å². The van der Waals surface area contributed by atoms with E-state index in [1.807, 2.05) is 32.2 Å². The minimum absolute atomic E-state index is 0.330. The van der Waals surface area contributed by atoms with Gasteiger partial charge in [0.2, 0.25) is 0 Å². The van der Waals surface area contributed by atoms with Gasteiger partial charge in [-0.1, -0.05) is 17.7 Å². The molecule has 0 atom stereocenters. The fourth-order valence-corrected chi connectivity index (χ4v) is 2.29. The minimum Gasteiger partial charge on any atom is -0.459 e. The second-order valence-corrected chi connectivity index (χ2v) is 5.06. The fraction of sp³-hybridized carbons (Fsp3) is 0.200. The highest BCUT2D eigenvalue weighted by Crippen LogP contribution is 2.21. The largest absolute Gasteiger partial charge is 0.459 e. The number of rotatable bonds is 4. The molecule has 0 saturated carbocycles. The predicted molar refractivity (Wildman–Crippen MR) is 85.2 cm³/mol. The van der Waals surface area contributed by atoms with E-state index in [0.29, 0.717) is 23.6 Å². The molecule has 0 fully saturated rings. The summed E-state index contributed by atoms with van der Waals surface area (Å²) in [5.74, 6) is 0.640. The van der Waals surface area contributed by atoms with Gasteiger partial charge in [-0.3, -0.25) is 0 Å². The number of hydrogen-bond acceptors (Lipinski definition) is 6. The smallest absolute Gasteiger partial charge is 0.316 e. The third kappa shape index (κ3) is 3.07. The van der Waals surface area contributed by atoms with Crippen LogP contribution in [0.2, 0.25) is 5.15 Å². The molecular formula is C15H14ClN5O. The summed E-state index contributed by atoms with van der Waals surface area (Å²) >= 11 is 6.11. The Balaban J connectivity index is 1.78. The summed E-state index contributed by atoms with van der Waals surface area (Å²) < 4.78 is 5.57. The molecule has 2 heterocycles. The Labute approximate surface area is 132 Å². The van der Waals surface area contributed by atoms with Gasteiger partial charge in [-0.15, -0.1) is 0 Å². The predicted octanol–water partition coefficient (Wildman–Crippen LogP) is 3.00. The van der Waals surface area contributed by atoms with Gasteiger partial charge in [0, 0.05) is 12.4 Å². The average Bonchev–Trinajstić information content (AvgIpc) is 2.53. The molecule has 0 amide bonds. The van der Waals surface area contributed by atoms with E-state index in [1.54, 1.807) is 12.4 Å². The van der Waals surface area contributed by atoms with Crippen molar-refractivity contribution in [2.75, 3.05) is 12.4 Å². The lowest BCUT2D eigenvalue weighted by atomic mass is 10.1. The van der Waals surface area contributed by atoms with E-state index in [-0.39, 0.29) is 0 Å². The highest BCUT2D eigenvalue weighted by molar-refractivity contribution is 6.34. The van der Waals surface area contributed by atoms with Gasteiger partial charge in [0.05, 0.1) is 23.6 Å². The highest BCUT2D eigenvalue weighted by Gasteiger charge is 2.06. The molecule has 7 heteroatoms. The van der Waals surface area contributed by atoms with Gasteiger partial charge in [0.15, 0.2) is 0 Å². The highest BCUT2D eigenvalue weighted by atomic mass is 35.5. The summed E-state index contributed by atoms with van der Waals surface area (Å²) in [6, 6.07) is 6.07. The fourth-order valence-electron chi connectivity index (χ4n) is 2.00. The van der Waals surface area contributed by atoms with Crippen LogP contribution in [0.1, 0.15) is 11.4 Å². The van der Waals surface area contributed by atoms with Crippen LogP contribution in [-0.4, -0.2) is 27.0 Å². The van der Waals surface area contributed by atoms with Crippen LogP contribution in [0.3, 0.4) is 0 Å². The van der Waals surface area contributed by atoms with E-state index in [4.69, 9.17) is 16.3 Å². The SMILES string of the molecule is CNc1cnc(OCc2ccc3c(Cl)nc(C)nc3c2)nc1. The summed E-state index contributed by atoms with van der Waals surface area (Å²) in [6.07, 6.45) is 3.33. The van der Waals surface area contributed by atoms with Gasteiger partial charge >= 0.3 is 6.01 Å². The Morgan fingerprint density at radius 2 is 1.95 bits per heavy atom. The molecule has 0 bridgehead atoms. The maximum Gasteiger partial charge on any atom is 0.316 e. The minimum atomic E-state index is 0.330. The van der Waals surface area contributed by atoms with Crippen LogP contribution in [0.5, 0.6) is 6.01 Å². The first-order chi connectivity index (χ1) is 10.7. The van der Waals surface area contributed by atoms with Gasteiger partial charge in [-0.2, -0.15) is 0 Å². The maximum atomic E-state index is 6.11. The Kier molecular flexibility index (Phi) is 4.02. The van der Waals surface area contributed by atoms with Crippen LogP contribution in [0.4, 0.5) is 5.69 Å². The van der Waals surface area contributed by atoms with Gasteiger partial charge in [0.1, 0.15) is 17.6 Å². The van der Waals surface area contributed by atoms with Crippen molar-refractivity contribution in [3.05, 3.63) is 47.1 Å². The lowest BCUT2D eigenvalue weighted by molar-refractivity contribution is 0.281. The van der Waals surface area contributed by atoms with E-state index in [0.717, 1.165) is 22.2 Å². The zero-order chi connectivity index (χ0) is 15.5. The van der Waals surface area contributed by atoms with Gasteiger partial charge in [0.25, 0.3) is 0 Å². The third-order valence-corrected chi connectivity index (χ3v) is 3.40. The quantitative estimate of drug-likeness (QED) is 0.746. The number of ether oxygens (including phenoxy) is 1. The molecule has 6 nitrogen and oxygen atoms in total. The van der Waals surface area contributed by atoms with Crippen LogP contribution < -0.4 is 10.1 Å². The number of hydrogen-bond donors (Lipinski definition) is 1.